The Labute approximate surface area is 163 Å². The van der Waals surface area contributed by atoms with Gasteiger partial charge in [0.1, 0.15) is 5.75 Å². The van der Waals surface area contributed by atoms with E-state index in [1.54, 1.807) is 6.07 Å². The molecule has 0 atom stereocenters. The lowest BCUT2D eigenvalue weighted by Crippen LogP contribution is -2.28. The van der Waals surface area contributed by atoms with E-state index in [0.29, 0.717) is 11.3 Å². The fourth-order valence-electron chi connectivity index (χ4n) is 2.34. The van der Waals surface area contributed by atoms with Gasteiger partial charge in [0.25, 0.3) is 5.91 Å². The molecule has 2 aromatic carbocycles. The van der Waals surface area contributed by atoms with Crippen molar-refractivity contribution in [3.63, 3.8) is 0 Å². The van der Waals surface area contributed by atoms with Crippen LogP contribution in [0, 0.1) is 13.8 Å². The third-order valence-corrected chi connectivity index (χ3v) is 3.85. The lowest BCUT2D eigenvalue weighted by molar-refractivity contribution is -0.134. The number of ether oxygens (including phenoxy) is 3. The Kier molecular flexibility index (Phi) is 7.14. The highest BCUT2D eigenvalue weighted by molar-refractivity contribution is 5.77. The number of carbonyl (C=O) groups is 3. The van der Waals surface area contributed by atoms with Gasteiger partial charge >= 0.3 is 11.9 Å². The first-order valence-corrected chi connectivity index (χ1v) is 8.71. The second-order valence-electron chi connectivity index (χ2n) is 6.28. The Balaban J connectivity index is 1.94. The van der Waals surface area contributed by atoms with E-state index >= 15 is 0 Å². The van der Waals surface area contributed by atoms with Crippen LogP contribution in [-0.4, -0.2) is 24.5 Å². The molecule has 0 aliphatic heterocycles. The molecule has 1 N–H and O–H groups in total. The van der Waals surface area contributed by atoms with Crippen LogP contribution in [0.15, 0.2) is 36.4 Å². The van der Waals surface area contributed by atoms with Crippen molar-refractivity contribution < 1.29 is 28.6 Å². The van der Waals surface area contributed by atoms with Crippen molar-refractivity contribution in [3.8, 4) is 17.2 Å². The fourth-order valence-corrected chi connectivity index (χ4v) is 2.34. The average Bonchev–Trinajstić information content (AvgIpc) is 2.62. The van der Waals surface area contributed by atoms with E-state index in [0.717, 1.165) is 11.1 Å². The van der Waals surface area contributed by atoms with Gasteiger partial charge in [-0.15, -0.1) is 0 Å². The second kappa shape index (κ2) is 9.55. The summed E-state index contributed by atoms with van der Waals surface area (Å²) in [7, 11) is 0. The molecule has 0 aliphatic carbocycles. The van der Waals surface area contributed by atoms with Gasteiger partial charge in [-0.05, 0) is 54.8 Å². The van der Waals surface area contributed by atoms with E-state index in [-0.39, 0.29) is 30.6 Å². The standard InChI is InChI=1S/C21H23NO6/c1-13-5-7-18(9-14(13)2)26-12-21(25)22-11-17-6-8-19(27-15(3)23)20(10-17)28-16(4)24/h5-10H,11-12H2,1-4H3,(H,22,25). The summed E-state index contributed by atoms with van der Waals surface area (Å²) in [5.41, 5.74) is 2.91. The van der Waals surface area contributed by atoms with E-state index in [4.69, 9.17) is 14.2 Å². The number of hydrogen-bond acceptors (Lipinski definition) is 6. The average molecular weight is 385 g/mol. The molecule has 0 saturated heterocycles. The monoisotopic (exact) mass is 385 g/mol. The second-order valence-corrected chi connectivity index (χ2v) is 6.28. The highest BCUT2D eigenvalue weighted by Gasteiger charge is 2.12. The number of rotatable bonds is 7. The Morgan fingerprint density at radius 2 is 1.54 bits per heavy atom. The number of aryl methyl sites for hydroxylation is 2. The number of hydrogen-bond donors (Lipinski definition) is 1. The first-order valence-electron chi connectivity index (χ1n) is 8.71. The Morgan fingerprint density at radius 1 is 0.857 bits per heavy atom. The van der Waals surface area contributed by atoms with Gasteiger partial charge in [-0.1, -0.05) is 12.1 Å². The van der Waals surface area contributed by atoms with Crippen LogP contribution < -0.4 is 19.5 Å². The van der Waals surface area contributed by atoms with E-state index < -0.39 is 11.9 Å². The zero-order valence-electron chi connectivity index (χ0n) is 16.3. The molecule has 0 aliphatic rings. The fraction of sp³-hybridized carbons (Fsp3) is 0.286. The summed E-state index contributed by atoms with van der Waals surface area (Å²) in [6.45, 7) is 6.55. The minimum absolute atomic E-state index is 0.112. The van der Waals surface area contributed by atoms with Crippen LogP contribution >= 0.6 is 0 Å². The lowest BCUT2D eigenvalue weighted by atomic mass is 10.1. The Hall–Kier alpha value is -3.35. The van der Waals surface area contributed by atoms with Crippen molar-refractivity contribution in [3.05, 3.63) is 53.1 Å². The molecule has 2 rings (SSSR count). The number of carbonyl (C=O) groups excluding carboxylic acids is 3. The minimum atomic E-state index is -0.545. The zero-order chi connectivity index (χ0) is 20.7. The molecular formula is C21H23NO6. The summed E-state index contributed by atoms with van der Waals surface area (Å²) in [4.78, 5) is 34.4. The maximum Gasteiger partial charge on any atom is 0.308 e. The molecule has 0 heterocycles. The van der Waals surface area contributed by atoms with Crippen molar-refractivity contribution >= 4 is 17.8 Å². The topological polar surface area (TPSA) is 90.9 Å². The predicted octanol–water partition coefficient (Wildman–Crippen LogP) is 2.85. The van der Waals surface area contributed by atoms with E-state index in [1.807, 2.05) is 32.0 Å². The van der Waals surface area contributed by atoms with Gasteiger partial charge in [0, 0.05) is 20.4 Å². The molecule has 0 saturated carbocycles. The maximum absolute atomic E-state index is 12.0. The van der Waals surface area contributed by atoms with Gasteiger partial charge in [0.05, 0.1) is 0 Å². The Bertz CT molecular complexity index is 890. The van der Waals surface area contributed by atoms with Crippen molar-refractivity contribution in [2.75, 3.05) is 6.61 Å². The molecule has 0 fully saturated rings. The molecule has 0 radical (unpaired) electrons. The highest BCUT2D eigenvalue weighted by atomic mass is 16.6. The molecular weight excluding hydrogens is 362 g/mol. The van der Waals surface area contributed by atoms with Crippen molar-refractivity contribution in [1.82, 2.24) is 5.32 Å². The lowest BCUT2D eigenvalue weighted by Gasteiger charge is -2.12. The highest BCUT2D eigenvalue weighted by Crippen LogP contribution is 2.29. The summed E-state index contributed by atoms with van der Waals surface area (Å²) in [6.07, 6.45) is 0. The normalized spacial score (nSPS) is 10.1. The molecule has 0 spiro atoms. The molecule has 0 unspecified atom stereocenters. The van der Waals surface area contributed by atoms with Gasteiger partial charge in [-0.2, -0.15) is 0 Å². The summed E-state index contributed by atoms with van der Waals surface area (Å²) < 4.78 is 15.6. The number of esters is 2. The van der Waals surface area contributed by atoms with E-state index in [1.165, 1.54) is 26.0 Å². The smallest absolute Gasteiger partial charge is 0.308 e. The van der Waals surface area contributed by atoms with Crippen LogP contribution in [0.3, 0.4) is 0 Å². The third kappa shape index (κ3) is 6.42. The van der Waals surface area contributed by atoms with Gasteiger partial charge in [-0.25, -0.2) is 0 Å². The zero-order valence-corrected chi connectivity index (χ0v) is 16.3. The molecule has 7 nitrogen and oxygen atoms in total. The first kappa shape index (κ1) is 21.0. The summed E-state index contributed by atoms with van der Waals surface area (Å²) >= 11 is 0. The molecule has 28 heavy (non-hydrogen) atoms. The summed E-state index contributed by atoms with van der Waals surface area (Å²) in [6, 6.07) is 10.3. The van der Waals surface area contributed by atoms with Gasteiger partial charge in [0.2, 0.25) is 0 Å². The van der Waals surface area contributed by atoms with Crippen LogP contribution in [-0.2, 0) is 20.9 Å². The van der Waals surface area contributed by atoms with E-state index in [9.17, 15) is 14.4 Å². The van der Waals surface area contributed by atoms with Crippen LogP contribution in [0.1, 0.15) is 30.5 Å². The maximum atomic E-state index is 12.0. The number of benzene rings is 2. The molecule has 0 aromatic heterocycles. The SMILES string of the molecule is CC(=O)Oc1ccc(CNC(=O)COc2ccc(C)c(C)c2)cc1OC(C)=O. The van der Waals surface area contributed by atoms with Crippen molar-refractivity contribution in [2.24, 2.45) is 0 Å². The van der Waals surface area contributed by atoms with Crippen LogP contribution in [0.25, 0.3) is 0 Å². The van der Waals surface area contributed by atoms with Crippen LogP contribution in [0.5, 0.6) is 17.2 Å². The largest absolute Gasteiger partial charge is 0.484 e. The van der Waals surface area contributed by atoms with Gasteiger partial charge in [0.15, 0.2) is 18.1 Å². The molecule has 0 bridgehead atoms. The first-order chi connectivity index (χ1) is 13.2. The third-order valence-electron chi connectivity index (χ3n) is 3.85. The molecule has 148 valence electrons. The van der Waals surface area contributed by atoms with Crippen molar-refractivity contribution in [1.29, 1.82) is 0 Å². The van der Waals surface area contributed by atoms with Crippen molar-refractivity contribution in [2.45, 2.75) is 34.2 Å². The molecule has 1 amide bonds. The summed E-state index contributed by atoms with van der Waals surface area (Å²) in [5, 5.41) is 2.72. The van der Waals surface area contributed by atoms with E-state index in [2.05, 4.69) is 5.32 Å². The molecule has 7 heteroatoms. The predicted molar refractivity (Wildman–Crippen MR) is 102 cm³/mol. The molecule has 2 aromatic rings. The van der Waals surface area contributed by atoms with Crippen LogP contribution in [0.2, 0.25) is 0 Å². The Morgan fingerprint density at radius 3 is 2.18 bits per heavy atom. The minimum Gasteiger partial charge on any atom is -0.484 e. The van der Waals surface area contributed by atoms with Crippen LogP contribution in [0.4, 0.5) is 0 Å². The quantitative estimate of drug-likeness (QED) is 0.582. The summed E-state index contributed by atoms with van der Waals surface area (Å²) in [5.74, 6) is -0.497. The van der Waals surface area contributed by atoms with Gasteiger partial charge < -0.3 is 19.5 Å². The van der Waals surface area contributed by atoms with Gasteiger partial charge in [-0.3, -0.25) is 14.4 Å². The number of nitrogens with one attached hydrogen (secondary N) is 1. The number of amides is 1.